The molecule has 10 nitrogen and oxygen atoms in total. The van der Waals surface area contributed by atoms with Gasteiger partial charge in [-0.05, 0) is 76.6 Å². The van der Waals surface area contributed by atoms with E-state index in [1.807, 2.05) is 12.1 Å². The van der Waals surface area contributed by atoms with Crippen LogP contribution in [0.2, 0.25) is 0 Å². The Balaban J connectivity index is 1.23. The van der Waals surface area contributed by atoms with E-state index < -0.39 is 11.5 Å². The number of carbonyl (C=O) groups is 2. The van der Waals surface area contributed by atoms with Gasteiger partial charge in [0.05, 0.1) is 28.6 Å². The first-order chi connectivity index (χ1) is 17.7. The summed E-state index contributed by atoms with van der Waals surface area (Å²) in [5, 5.41) is 17.7. The summed E-state index contributed by atoms with van der Waals surface area (Å²) >= 11 is 0. The third-order valence-electron chi connectivity index (χ3n) is 6.79. The van der Waals surface area contributed by atoms with Crippen LogP contribution in [0.5, 0.6) is 11.6 Å². The van der Waals surface area contributed by atoms with Crippen molar-refractivity contribution < 1.29 is 24.2 Å². The Morgan fingerprint density at radius 1 is 1.14 bits per heavy atom. The molecule has 0 spiro atoms. The molecule has 2 aliphatic carbocycles. The van der Waals surface area contributed by atoms with Crippen molar-refractivity contribution in [3.8, 4) is 11.6 Å². The summed E-state index contributed by atoms with van der Waals surface area (Å²) in [7, 11) is 0. The van der Waals surface area contributed by atoms with Gasteiger partial charge in [0.25, 0.3) is 11.8 Å². The van der Waals surface area contributed by atoms with Gasteiger partial charge in [-0.1, -0.05) is 0 Å². The molecule has 196 valence electrons. The Morgan fingerprint density at radius 2 is 1.89 bits per heavy atom. The number of fused-ring (bicyclic) bond motifs is 1. The predicted octanol–water partition coefficient (Wildman–Crippen LogP) is 2.98. The number of nitrogens with zero attached hydrogens (tertiary/aromatic N) is 3. The fourth-order valence-corrected chi connectivity index (χ4v) is 4.76. The van der Waals surface area contributed by atoms with Crippen LogP contribution in [0.1, 0.15) is 84.7 Å². The highest BCUT2D eigenvalue weighted by atomic mass is 16.5. The molecule has 10 heteroatoms. The zero-order valence-corrected chi connectivity index (χ0v) is 21.1. The summed E-state index contributed by atoms with van der Waals surface area (Å²) in [6.07, 6.45) is 8.12. The van der Waals surface area contributed by atoms with Gasteiger partial charge >= 0.3 is 0 Å². The van der Waals surface area contributed by atoms with Crippen LogP contribution in [0.4, 0.5) is 0 Å². The number of hydrogen-bond acceptors (Lipinski definition) is 7. The lowest BCUT2D eigenvalue weighted by Gasteiger charge is -2.29. The zero-order chi connectivity index (χ0) is 26.2. The summed E-state index contributed by atoms with van der Waals surface area (Å²) in [6.45, 7) is 3.58. The molecule has 0 aliphatic heterocycles. The minimum Gasteiger partial charge on any atom is -0.489 e. The Labute approximate surface area is 215 Å². The van der Waals surface area contributed by atoms with Gasteiger partial charge in [-0.25, -0.2) is 9.50 Å². The van der Waals surface area contributed by atoms with E-state index in [0.29, 0.717) is 17.2 Å². The fourth-order valence-electron chi connectivity index (χ4n) is 4.76. The first kappa shape index (κ1) is 25.0. The van der Waals surface area contributed by atoms with E-state index in [1.165, 1.54) is 0 Å². The molecule has 0 aromatic carbocycles. The van der Waals surface area contributed by atoms with Crippen molar-refractivity contribution in [1.82, 2.24) is 19.9 Å². The fraction of sp³-hybridized carbons (Fsp3) is 0.481. The summed E-state index contributed by atoms with van der Waals surface area (Å²) < 4.78 is 13.7. The van der Waals surface area contributed by atoms with Gasteiger partial charge in [-0.3, -0.25) is 9.59 Å². The predicted molar refractivity (Wildman–Crippen MR) is 136 cm³/mol. The van der Waals surface area contributed by atoms with Gasteiger partial charge in [0.15, 0.2) is 0 Å². The third kappa shape index (κ3) is 5.69. The van der Waals surface area contributed by atoms with Crippen LogP contribution in [0.3, 0.4) is 0 Å². The molecule has 0 radical (unpaired) electrons. The summed E-state index contributed by atoms with van der Waals surface area (Å²) in [5.74, 6) is 0.551. The van der Waals surface area contributed by atoms with Crippen molar-refractivity contribution >= 4 is 17.3 Å². The first-order valence-electron chi connectivity index (χ1n) is 12.8. The second-order valence-electron chi connectivity index (χ2n) is 10.6. The number of hydrogen-bond donors (Lipinski definition) is 3. The smallest absolute Gasteiger partial charge is 0.255 e. The van der Waals surface area contributed by atoms with Crippen molar-refractivity contribution in [2.75, 3.05) is 6.61 Å². The lowest BCUT2D eigenvalue weighted by molar-refractivity contribution is 0.0279. The van der Waals surface area contributed by atoms with Crippen LogP contribution in [-0.2, 0) is 0 Å². The van der Waals surface area contributed by atoms with Gasteiger partial charge < -0.3 is 25.6 Å². The molecule has 3 heterocycles. The van der Waals surface area contributed by atoms with Crippen LogP contribution in [0.25, 0.3) is 5.52 Å². The lowest BCUT2D eigenvalue weighted by Crippen LogP contribution is -2.39. The normalized spacial score (nSPS) is 20.0. The molecule has 5 rings (SSSR count). The van der Waals surface area contributed by atoms with Gasteiger partial charge in [0.1, 0.15) is 24.0 Å². The maximum atomic E-state index is 13.2. The van der Waals surface area contributed by atoms with E-state index in [2.05, 4.69) is 15.4 Å². The number of nitrogens with two attached hydrogens (primary N) is 1. The second kappa shape index (κ2) is 10.0. The average Bonchev–Trinajstić information content (AvgIpc) is 3.61. The van der Waals surface area contributed by atoms with Gasteiger partial charge in [-0.2, -0.15) is 5.10 Å². The van der Waals surface area contributed by atoms with Crippen molar-refractivity contribution in [2.24, 2.45) is 5.73 Å². The number of aromatic nitrogens is 3. The number of ether oxygens (including phenoxy) is 2. The van der Waals surface area contributed by atoms with Gasteiger partial charge in [0, 0.05) is 18.2 Å². The number of pyridine rings is 2. The Morgan fingerprint density at radius 3 is 2.57 bits per heavy atom. The number of nitrogens with one attached hydrogen (secondary N) is 1. The molecule has 37 heavy (non-hydrogen) atoms. The third-order valence-corrected chi connectivity index (χ3v) is 6.79. The van der Waals surface area contributed by atoms with Crippen LogP contribution >= 0.6 is 0 Å². The number of carbonyl (C=O) groups excluding carboxylic acids is 2. The number of amides is 2. The SMILES string of the molecule is CC(C)(O)COc1ccc2c(C(=O)N[C@H]3CC[C@H](Oc4ncccc4C(N)=O)CC3)cnn2c1C1CC1. The maximum absolute atomic E-state index is 13.2. The molecular formula is C27H33N5O5. The number of rotatable bonds is 9. The molecule has 0 saturated heterocycles. The highest BCUT2D eigenvalue weighted by molar-refractivity contribution is 6.01. The molecule has 2 aliphatic rings. The molecule has 0 unspecified atom stereocenters. The van der Waals surface area contributed by atoms with Gasteiger partial charge in [-0.15, -0.1) is 0 Å². The minimum atomic E-state index is -0.948. The van der Waals surface area contributed by atoms with E-state index >= 15 is 0 Å². The zero-order valence-electron chi connectivity index (χ0n) is 21.1. The summed E-state index contributed by atoms with van der Waals surface area (Å²) in [4.78, 5) is 29.0. The summed E-state index contributed by atoms with van der Waals surface area (Å²) in [6, 6.07) is 6.98. The molecule has 2 fully saturated rings. The topological polar surface area (TPSA) is 141 Å². The van der Waals surface area contributed by atoms with E-state index in [9.17, 15) is 14.7 Å². The molecule has 4 N–H and O–H groups in total. The number of primary amides is 1. The van der Waals surface area contributed by atoms with Crippen molar-refractivity contribution in [3.63, 3.8) is 0 Å². The van der Waals surface area contributed by atoms with Crippen molar-refractivity contribution in [3.05, 3.63) is 53.5 Å². The monoisotopic (exact) mass is 507 g/mol. The highest BCUT2D eigenvalue weighted by Gasteiger charge is 2.32. The average molecular weight is 508 g/mol. The van der Waals surface area contributed by atoms with Crippen LogP contribution in [0.15, 0.2) is 36.7 Å². The Hall–Kier alpha value is -3.66. The van der Waals surface area contributed by atoms with Crippen LogP contribution in [-0.4, -0.2) is 55.9 Å². The minimum absolute atomic E-state index is 0.0129. The molecule has 2 saturated carbocycles. The second-order valence-corrected chi connectivity index (χ2v) is 10.6. The van der Waals surface area contributed by atoms with E-state index in [0.717, 1.165) is 49.7 Å². The standard InChI is InChI=1S/C27H33N5O5/c1-27(2,35)15-36-22-12-11-21-20(14-30-32(21)23(22)16-5-6-16)25(34)31-17-7-9-18(10-8-17)37-26-19(24(28)33)4-3-13-29-26/h3-4,11-14,16-18,35H,5-10,15H2,1-2H3,(H2,28,33)(H,31,34)/t17-,18-. The van der Waals surface area contributed by atoms with Gasteiger partial charge in [0.2, 0.25) is 5.88 Å². The van der Waals surface area contributed by atoms with Crippen LogP contribution < -0.4 is 20.5 Å². The number of aliphatic hydroxyl groups is 1. The highest BCUT2D eigenvalue weighted by Crippen LogP contribution is 2.44. The van der Waals surface area contributed by atoms with Crippen molar-refractivity contribution in [1.29, 1.82) is 0 Å². The van der Waals surface area contributed by atoms with Crippen molar-refractivity contribution in [2.45, 2.75) is 76.0 Å². The quantitative estimate of drug-likeness (QED) is 0.404. The lowest BCUT2D eigenvalue weighted by atomic mass is 9.92. The van der Waals surface area contributed by atoms with Crippen LogP contribution in [0, 0.1) is 0 Å². The van der Waals surface area contributed by atoms with E-state index in [1.54, 1.807) is 42.9 Å². The molecular weight excluding hydrogens is 474 g/mol. The molecule has 0 bridgehead atoms. The van der Waals surface area contributed by atoms with E-state index in [-0.39, 0.29) is 36.1 Å². The van der Waals surface area contributed by atoms with E-state index in [4.69, 9.17) is 15.2 Å². The molecule has 2 amide bonds. The molecule has 3 aromatic rings. The summed E-state index contributed by atoms with van der Waals surface area (Å²) in [5.41, 5.74) is 6.95. The largest absolute Gasteiger partial charge is 0.489 e. The maximum Gasteiger partial charge on any atom is 0.255 e. The first-order valence-corrected chi connectivity index (χ1v) is 12.8. The Kier molecular flexibility index (Phi) is 6.76. The molecule has 0 atom stereocenters. The molecule has 3 aromatic heterocycles. The Bertz CT molecular complexity index is 1300.